The van der Waals surface area contributed by atoms with Crippen LogP contribution >= 0.6 is 0 Å². The van der Waals surface area contributed by atoms with E-state index in [1.54, 1.807) is 6.92 Å². The van der Waals surface area contributed by atoms with Crippen molar-refractivity contribution in [3.63, 3.8) is 0 Å². The fourth-order valence-corrected chi connectivity index (χ4v) is 2.48. The molecule has 0 unspecified atom stereocenters. The molecule has 0 amide bonds. The van der Waals surface area contributed by atoms with Gasteiger partial charge in [-0.25, -0.2) is 4.79 Å². The summed E-state index contributed by atoms with van der Waals surface area (Å²) in [6, 6.07) is 7.94. The van der Waals surface area contributed by atoms with Crippen molar-refractivity contribution >= 4 is 22.6 Å². The lowest BCUT2D eigenvalue weighted by Gasteiger charge is -2.17. The van der Waals surface area contributed by atoms with Crippen LogP contribution in [0.25, 0.3) is 10.9 Å². The summed E-state index contributed by atoms with van der Waals surface area (Å²) < 4.78 is 5.08. The topological polar surface area (TPSA) is 64.1 Å². The van der Waals surface area contributed by atoms with E-state index in [0.717, 1.165) is 23.7 Å². The van der Waals surface area contributed by atoms with Crippen LogP contribution in [0.15, 0.2) is 36.4 Å². The molecule has 5 nitrogen and oxygen atoms in total. The van der Waals surface area contributed by atoms with Crippen LogP contribution in [0, 0.1) is 0 Å². The van der Waals surface area contributed by atoms with E-state index < -0.39 is 5.97 Å². The van der Waals surface area contributed by atoms with Gasteiger partial charge >= 0.3 is 5.97 Å². The van der Waals surface area contributed by atoms with Crippen LogP contribution < -0.4 is 5.32 Å². The number of aromatic nitrogens is 2. The van der Waals surface area contributed by atoms with Crippen molar-refractivity contribution in [2.24, 2.45) is 0 Å². The van der Waals surface area contributed by atoms with Gasteiger partial charge in [0.1, 0.15) is 0 Å². The minimum absolute atomic E-state index is 0.252. The highest BCUT2D eigenvalue weighted by molar-refractivity contribution is 6.03. The third-order valence-corrected chi connectivity index (χ3v) is 3.49. The molecule has 1 aliphatic carbocycles. The molecule has 0 atom stereocenters. The number of nitrogens with one attached hydrogen (secondary N) is 1. The Morgan fingerprint density at radius 1 is 1.29 bits per heavy atom. The Morgan fingerprint density at radius 2 is 2.05 bits per heavy atom. The number of anilines is 1. The van der Waals surface area contributed by atoms with Crippen molar-refractivity contribution < 1.29 is 9.53 Å². The first-order valence-electron chi connectivity index (χ1n) is 7.13. The molecule has 2 aromatic rings. The van der Waals surface area contributed by atoms with E-state index in [-0.39, 0.29) is 11.7 Å². The molecule has 0 bridgehead atoms. The Hall–Kier alpha value is -2.43. The summed E-state index contributed by atoms with van der Waals surface area (Å²) in [4.78, 5) is 12.1. The monoisotopic (exact) mass is 283 g/mol. The number of carbonyl (C=O) groups is 1. The SMILES string of the molecule is CCOC(=O)c1nnc2ccccc2c1NC1CC=CC1. The molecule has 0 fully saturated rings. The summed E-state index contributed by atoms with van der Waals surface area (Å²) in [6.45, 7) is 2.10. The zero-order chi connectivity index (χ0) is 14.7. The van der Waals surface area contributed by atoms with E-state index >= 15 is 0 Å². The van der Waals surface area contributed by atoms with Gasteiger partial charge in [0.15, 0.2) is 5.69 Å². The van der Waals surface area contributed by atoms with Crippen LogP contribution in [0.2, 0.25) is 0 Å². The lowest BCUT2D eigenvalue weighted by molar-refractivity contribution is 0.0519. The van der Waals surface area contributed by atoms with Crippen molar-refractivity contribution in [1.82, 2.24) is 10.2 Å². The van der Waals surface area contributed by atoms with Gasteiger partial charge in [0.05, 0.1) is 17.8 Å². The summed E-state index contributed by atoms with van der Waals surface area (Å²) in [5.41, 5.74) is 1.73. The fraction of sp³-hybridized carbons (Fsp3) is 0.312. The molecule has 1 aliphatic rings. The number of esters is 1. The number of carbonyl (C=O) groups excluding carboxylic acids is 1. The Balaban J connectivity index is 2.05. The van der Waals surface area contributed by atoms with E-state index in [0.29, 0.717) is 12.3 Å². The van der Waals surface area contributed by atoms with Gasteiger partial charge in [0, 0.05) is 11.4 Å². The highest BCUT2D eigenvalue weighted by Gasteiger charge is 2.21. The van der Waals surface area contributed by atoms with Crippen LogP contribution in [0.5, 0.6) is 0 Å². The van der Waals surface area contributed by atoms with Crippen LogP contribution in [-0.2, 0) is 4.74 Å². The fourth-order valence-electron chi connectivity index (χ4n) is 2.48. The second-order valence-corrected chi connectivity index (χ2v) is 4.95. The second kappa shape index (κ2) is 5.91. The molecule has 0 saturated carbocycles. The van der Waals surface area contributed by atoms with E-state index in [1.165, 1.54) is 0 Å². The molecule has 0 aliphatic heterocycles. The first-order chi connectivity index (χ1) is 10.3. The number of benzene rings is 1. The first-order valence-corrected chi connectivity index (χ1v) is 7.13. The molecule has 1 aromatic heterocycles. The van der Waals surface area contributed by atoms with E-state index in [1.807, 2.05) is 24.3 Å². The van der Waals surface area contributed by atoms with Crippen LogP contribution in [0.4, 0.5) is 5.69 Å². The minimum Gasteiger partial charge on any atom is -0.461 e. The van der Waals surface area contributed by atoms with Gasteiger partial charge in [-0.15, -0.1) is 10.2 Å². The third kappa shape index (κ3) is 2.72. The Morgan fingerprint density at radius 3 is 2.81 bits per heavy atom. The molecule has 5 heteroatoms. The molecular formula is C16H17N3O2. The summed E-state index contributed by atoms with van der Waals surface area (Å²) >= 11 is 0. The predicted octanol–water partition coefficient (Wildman–Crippen LogP) is 2.94. The van der Waals surface area contributed by atoms with Gasteiger partial charge in [-0.2, -0.15) is 0 Å². The summed E-state index contributed by atoms with van der Waals surface area (Å²) in [5.74, 6) is -0.441. The van der Waals surface area contributed by atoms with Crippen molar-refractivity contribution in [2.75, 3.05) is 11.9 Å². The molecule has 0 saturated heterocycles. The van der Waals surface area contributed by atoms with Crippen molar-refractivity contribution in [2.45, 2.75) is 25.8 Å². The Labute approximate surface area is 123 Å². The molecular weight excluding hydrogens is 266 g/mol. The number of rotatable bonds is 4. The second-order valence-electron chi connectivity index (χ2n) is 4.95. The average molecular weight is 283 g/mol. The summed E-state index contributed by atoms with van der Waals surface area (Å²) in [7, 11) is 0. The van der Waals surface area contributed by atoms with Gasteiger partial charge in [-0.3, -0.25) is 0 Å². The first kappa shape index (κ1) is 13.5. The van der Waals surface area contributed by atoms with Gasteiger partial charge in [-0.1, -0.05) is 30.4 Å². The largest absolute Gasteiger partial charge is 0.461 e. The molecule has 1 heterocycles. The van der Waals surface area contributed by atoms with Gasteiger partial charge in [0.2, 0.25) is 0 Å². The Bertz CT molecular complexity index is 689. The van der Waals surface area contributed by atoms with Gasteiger partial charge in [-0.05, 0) is 25.8 Å². The van der Waals surface area contributed by atoms with E-state index in [9.17, 15) is 4.79 Å². The maximum absolute atomic E-state index is 12.1. The molecule has 3 rings (SSSR count). The number of hydrogen-bond donors (Lipinski definition) is 1. The van der Waals surface area contributed by atoms with Crippen molar-refractivity contribution in [1.29, 1.82) is 0 Å². The highest BCUT2D eigenvalue weighted by atomic mass is 16.5. The average Bonchev–Trinajstić information content (AvgIpc) is 3.01. The summed E-state index contributed by atoms with van der Waals surface area (Å²) in [5, 5.41) is 12.5. The zero-order valence-corrected chi connectivity index (χ0v) is 11.9. The highest BCUT2D eigenvalue weighted by Crippen LogP contribution is 2.27. The predicted molar refractivity (Wildman–Crippen MR) is 81.3 cm³/mol. The van der Waals surface area contributed by atoms with Crippen LogP contribution in [-0.4, -0.2) is 28.8 Å². The number of hydrogen-bond acceptors (Lipinski definition) is 5. The lowest BCUT2D eigenvalue weighted by Crippen LogP contribution is -2.20. The smallest absolute Gasteiger partial charge is 0.361 e. The number of fused-ring (bicyclic) bond motifs is 1. The number of ether oxygens (including phenoxy) is 1. The maximum Gasteiger partial charge on any atom is 0.361 e. The number of nitrogens with zero attached hydrogens (tertiary/aromatic N) is 2. The van der Waals surface area contributed by atoms with Gasteiger partial charge < -0.3 is 10.1 Å². The van der Waals surface area contributed by atoms with Crippen LogP contribution in [0.3, 0.4) is 0 Å². The third-order valence-electron chi connectivity index (χ3n) is 3.49. The molecule has 1 aromatic carbocycles. The standard InChI is InChI=1S/C16H17N3O2/c1-2-21-16(20)15-14(17-11-7-3-4-8-11)12-9-5-6-10-13(12)18-19-15/h3-6,9-11H,2,7-8H2,1H3,(H,17,18). The normalized spacial score (nSPS) is 14.5. The van der Waals surface area contributed by atoms with Gasteiger partial charge in [0.25, 0.3) is 0 Å². The Kier molecular flexibility index (Phi) is 3.81. The lowest BCUT2D eigenvalue weighted by atomic mass is 10.1. The molecule has 0 radical (unpaired) electrons. The van der Waals surface area contributed by atoms with E-state index in [2.05, 4.69) is 27.7 Å². The molecule has 108 valence electrons. The van der Waals surface area contributed by atoms with Crippen molar-refractivity contribution in [3.8, 4) is 0 Å². The molecule has 21 heavy (non-hydrogen) atoms. The maximum atomic E-state index is 12.1. The van der Waals surface area contributed by atoms with E-state index in [4.69, 9.17) is 4.74 Å². The quantitative estimate of drug-likeness (QED) is 0.690. The zero-order valence-electron chi connectivity index (χ0n) is 11.9. The van der Waals surface area contributed by atoms with Crippen molar-refractivity contribution in [3.05, 3.63) is 42.1 Å². The summed E-state index contributed by atoms with van der Waals surface area (Å²) in [6.07, 6.45) is 6.16. The van der Waals surface area contributed by atoms with Crippen LogP contribution in [0.1, 0.15) is 30.3 Å². The molecule has 0 spiro atoms. The minimum atomic E-state index is -0.441. The molecule has 1 N–H and O–H groups in total.